The van der Waals surface area contributed by atoms with Gasteiger partial charge >= 0.3 is 0 Å². The summed E-state index contributed by atoms with van der Waals surface area (Å²) >= 11 is 0. The predicted octanol–water partition coefficient (Wildman–Crippen LogP) is 9.50. The summed E-state index contributed by atoms with van der Waals surface area (Å²) in [4.78, 5) is 14.7. The molecule has 0 aliphatic heterocycles. The normalized spacial score (nSPS) is 11.4. The van der Waals surface area contributed by atoms with Gasteiger partial charge in [0.1, 0.15) is 5.82 Å². The summed E-state index contributed by atoms with van der Waals surface area (Å²) in [7, 11) is 0. The van der Waals surface area contributed by atoms with Gasteiger partial charge in [-0.25, -0.2) is 15.0 Å². The minimum absolute atomic E-state index is 0.215. The fourth-order valence-electron chi connectivity index (χ4n) is 4.78. The van der Waals surface area contributed by atoms with Crippen molar-refractivity contribution in [2.75, 3.05) is 0 Å². The van der Waals surface area contributed by atoms with E-state index in [0.717, 1.165) is 28.1 Å². The summed E-state index contributed by atoms with van der Waals surface area (Å²) in [5.41, 5.74) is 8.75. The Morgan fingerprint density at radius 1 is 0.350 bits per heavy atom. The molecule has 3 nitrogen and oxygen atoms in total. The van der Waals surface area contributed by atoms with Gasteiger partial charge in [-0.05, 0) is 57.6 Å². The van der Waals surface area contributed by atoms with Gasteiger partial charge in [0, 0.05) is 16.5 Å². The maximum absolute atomic E-state index is 4.94. The second-order valence-electron chi connectivity index (χ2n) is 11.0. The maximum Gasteiger partial charge on any atom is 0.163 e. The summed E-state index contributed by atoms with van der Waals surface area (Å²) < 4.78 is 0. The van der Waals surface area contributed by atoms with Crippen molar-refractivity contribution in [1.82, 2.24) is 15.0 Å². The third-order valence-electron chi connectivity index (χ3n) is 6.94. The largest absolute Gasteiger partial charge is 0.212 e. The van der Waals surface area contributed by atoms with Gasteiger partial charge in [0.2, 0.25) is 0 Å². The van der Waals surface area contributed by atoms with Gasteiger partial charge in [0.05, 0.1) is 0 Å². The van der Waals surface area contributed by atoms with Gasteiger partial charge in [-0.3, -0.25) is 0 Å². The van der Waals surface area contributed by atoms with Crippen LogP contribution in [-0.2, 0) is 5.41 Å². The van der Waals surface area contributed by atoms with Crippen LogP contribution in [0.15, 0.2) is 133 Å². The van der Waals surface area contributed by atoms with Crippen LogP contribution in [-0.4, -0.2) is 15.0 Å². The SMILES string of the molecule is CC(C)(C)c1nc(-c2ccccc2)nc(-c2cccc(-c3cc(-c4ccccc4)cc(-c4ccccc4)c3)c2)n1. The van der Waals surface area contributed by atoms with Crippen LogP contribution in [0.5, 0.6) is 0 Å². The lowest BCUT2D eigenvalue weighted by atomic mass is 9.92. The second-order valence-corrected chi connectivity index (χ2v) is 11.0. The number of hydrogen-bond acceptors (Lipinski definition) is 3. The third kappa shape index (κ3) is 5.45. The highest BCUT2D eigenvalue weighted by Crippen LogP contribution is 2.34. The van der Waals surface area contributed by atoms with Crippen molar-refractivity contribution in [1.29, 1.82) is 0 Å². The van der Waals surface area contributed by atoms with E-state index in [1.54, 1.807) is 0 Å². The Morgan fingerprint density at radius 2 is 0.725 bits per heavy atom. The molecule has 0 saturated carbocycles. The Labute approximate surface area is 236 Å². The molecule has 0 unspecified atom stereocenters. The van der Waals surface area contributed by atoms with Gasteiger partial charge in [-0.15, -0.1) is 0 Å². The van der Waals surface area contributed by atoms with Gasteiger partial charge < -0.3 is 0 Å². The number of benzene rings is 5. The third-order valence-corrected chi connectivity index (χ3v) is 6.94. The van der Waals surface area contributed by atoms with Crippen LogP contribution in [0.4, 0.5) is 0 Å². The van der Waals surface area contributed by atoms with Crippen LogP contribution in [0.2, 0.25) is 0 Å². The standard InChI is InChI=1S/C37H31N3/c1-37(2,3)36-39-34(28-18-11-6-12-19-28)38-35(40-36)30-21-13-20-29(22-30)33-24-31(26-14-7-4-8-15-26)23-32(25-33)27-16-9-5-10-17-27/h4-25H,1-3H3. The number of nitrogens with zero attached hydrogens (tertiary/aromatic N) is 3. The molecule has 0 N–H and O–H groups in total. The molecule has 0 aliphatic rings. The minimum Gasteiger partial charge on any atom is -0.212 e. The molecule has 6 aromatic rings. The second kappa shape index (κ2) is 10.7. The monoisotopic (exact) mass is 517 g/mol. The van der Waals surface area contributed by atoms with Crippen molar-refractivity contribution in [2.24, 2.45) is 0 Å². The molecule has 0 saturated heterocycles. The van der Waals surface area contributed by atoms with E-state index in [2.05, 4.69) is 124 Å². The van der Waals surface area contributed by atoms with E-state index in [1.807, 2.05) is 30.3 Å². The fraction of sp³-hybridized carbons (Fsp3) is 0.108. The van der Waals surface area contributed by atoms with Crippen molar-refractivity contribution >= 4 is 0 Å². The number of hydrogen-bond donors (Lipinski definition) is 0. The Kier molecular flexibility index (Phi) is 6.79. The van der Waals surface area contributed by atoms with E-state index in [0.29, 0.717) is 11.6 Å². The lowest BCUT2D eigenvalue weighted by Gasteiger charge is -2.18. The first-order valence-electron chi connectivity index (χ1n) is 13.6. The molecule has 6 rings (SSSR count). The lowest BCUT2D eigenvalue weighted by molar-refractivity contribution is 0.543. The van der Waals surface area contributed by atoms with Gasteiger partial charge in [-0.1, -0.05) is 130 Å². The molecule has 0 radical (unpaired) electrons. The Balaban J connectivity index is 1.49. The molecule has 0 spiro atoms. The van der Waals surface area contributed by atoms with Crippen LogP contribution in [0.3, 0.4) is 0 Å². The molecule has 5 aromatic carbocycles. The molecule has 194 valence electrons. The van der Waals surface area contributed by atoms with Crippen molar-refractivity contribution < 1.29 is 0 Å². The van der Waals surface area contributed by atoms with Gasteiger partial charge in [0.15, 0.2) is 11.6 Å². The highest BCUT2D eigenvalue weighted by Gasteiger charge is 2.21. The molecule has 1 aromatic heterocycles. The Morgan fingerprint density at radius 3 is 1.23 bits per heavy atom. The molecular formula is C37H31N3. The summed E-state index contributed by atoms with van der Waals surface area (Å²) in [5, 5.41) is 0. The van der Waals surface area contributed by atoms with Crippen LogP contribution in [0.1, 0.15) is 26.6 Å². The molecule has 3 heteroatoms. The quantitative estimate of drug-likeness (QED) is 0.229. The van der Waals surface area contributed by atoms with E-state index in [9.17, 15) is 0 Å². The first kappa shape index (κ1) is 25.4. The molecule has 0 aliphatic carbocycles. The zero-order valence-electron chi connectivity index (χ0n) is 23.0. The number of rotatable bonds is 5. The first-order chi connectivity index (χ1) is 19.4. The van der Waals surface area contributed by atoms with Crippen LogP contribution in [0.25, 0.3) is 56.2 Å². The topological polar surface area (TPSA) is 38.7 Å². The van der Waals surface area contributed by atoms with Gasteiger partial charge in [0.25, 0.3) is 0 Å². The van der Waals surface area contributed by atoms with Gasteiger partial charge in [-0.2, -0.15) is 0 Å². The summed E-state index contributed by atoms with van der Waals surface area (Å²) in [6, 6.07) is 46.5. The van der Waals surface area contributed by atoms with Crippen LogP contribution >= 0.6 is 0 Å². The van der Waals surface area contributed by atoms with E-state index in [1.165, 1.54) is 22.3 Å². The maximum atomic E-state index is 4.94. The average molecular weight is 518 g/mol. The Hall–Kier alpha value is -4.89. The van der Waals surface area contributed by atoms with Crippen molar-refractivity contribution in [3.05, 3.63) is 139 Å². The van der Waals surface area contributed by atoms with Crippen LogP contribution < -0.4 is 0 Å². The molecule has 0 amide bonds. The van der Waals surface area contributed by atoms with Crippen molar-refractivity contribution in [2.45, 2.75) is 26.2 Å². The molecule has 40 heavy (non-hydrogen) atoms. The van der Waals surface area contributed by atoms with Crippen molar-refractivity contribution in [3.63, 3.8) is 0 Å². The average Bonchev–Trinajstić information content (AvgIpc) is 3.01. The molecule has 1 heterocycles. The minimum atomic E-state index is -0.215. The zero-order chi connectivity index (χ0) is 27.5. The van der Waals surface area contributed by atoms with E-state index >= 15 is 0 Å². The van der Waals surface area contributed by atoms with E-state index < -0.39 is 0 Å². The number of aromatic nitrogens is 3. The summed E-state index contributed by atoms with van der Waals surface area (Å²) in [6.07, 6.45) is 0. The highest BCUT2D eigenvalue weighted by atomic mass is 15.0. The molecule has 0 bridgehead atoms. The molecule has 0 fully saturated rings. The smallest absolute Gasteiger partial charge is 0.163 e. The Bertz CT molecular complexity index is 1700. The summed E-state index contributed by atoms with van der Waals surface area (Å²) in [5.74, 6) is 2.15. The zero-order valence-corrected chi connectivity index (χ0v) is 23.0. The highest BCUT2D eigenvalue weighted by molar-refractivity contribution is 5.82. The van der Waals surface area contributed by atoms with Crippen molar-refractivity contribution in [3.8, 4) is 56.2 Å². The molecular weight excluding hydrogens is 486 g/mol. The van der Waals surface area contributed by atoms with E-state index in [-0.39, 0.29) is 5.41 Å². The summed E-state index contributed by atoms with van der Waals surface area (Å²) in [6.45, 7) is 6.41. The fourth-order valence-corrected chi connectivity index (χ4v) is 4.78. The van der Waals surface area contributed by atoms with E-state index in [4.69, 9.17) is 15.0 Å². The first-order valence-corrected chi connectivity index (χ1v) is 13.6. The lowest BCUT2D eigenvalue weighted by Crippen LogP contribution is -2.18. The molecule has 0 atom stereocenters. The van der Waals surface area contributed by atoms with Crippen LogP contribution in [0, 0.1) is 0 Å². The predicted molar refractivity (Wildman–Crippen MR) is 166 cm³/mol.